The van der Waals surface area contributed by atoms with Gasteiger partial charge in [-0.15, -0.1) is 0 Å². The molecule has 4 N–H and O–H groups in total. The van der Waals surface area contributed by atoms with Crippen LogP contribution < -0.4 is 11.3 Å². The maximum Gasteiger partial charge on any atom is 0.297 e. The molecule has 0 saturated heterocycles. The zero-order valence-electron chi connectivity index (χ0n) is 13.3. The summed E-state index contributed by atoms with van der Waals surface area (Å²) in [4.78, 5) is 14.0. The predicted octanol–water partition coefficient (Wildman–Crippen LogP) is 2.40. The van der Waals surface area contributed by atoms with E-state index in [9.17, 15) is 18.3 Å². The van der Waals surface area contributed by atoms with Crippen LogP contribution >= 0.6 is 15.9 Å². The third-order valence-electron chi connectivity index (χ3n) is 3.81. The molecule has 3 rings (SSSR count). The zero-order valence-corrected chi connectivity index (χ0v) is 15.7. The number of aromatic nitrogens is 1. The van der Waals surface area contributed by atoms with Gasteiger partial charge < -0.3 is 15.8 Å². The first kappa shape index (κ1) is 18.6. The first-order valence-electron chi connectivity index (χ1n) is 7.55. The second-order valence-electron chi connectivity index (χ2n) is 5.51. The van der Waals surface area contributed by atoms with E-state index in [4.69, 9.17) is 9.92 Å². The summed E-state index contributed by atoms with van der Waals surface area (Å²) in [7, 11) is -4.06. The fourth-order valence-corrected chi connectivity index (χ4v) is 3.90. The summed E-state index contributed by atoms with van der Waals surface area (Å²) in [6.07, 6.45) is -0.988. The number of halogens is 1. The highest BCUT2D eigenvalue weighted by Gasteiger charge is 2.24. The molecule has 0 amide bonds. The van der Waals surface area contributed by atoms with Crippen LogP contribution in [0, 0.1) is 0 Å². The van der Waals surface area contributed by atoms with E-state index >= 15 is 0 Å². The van der Waals surface area contributed by atoms with E-state index in [1.807, 2.05) is 0 Å². The van der Waals surface area contributed by atoms with E-state index in [1.54, 1.807) is 12.1 Å². The molecule has 0 fully saturated rings. The van der Waals surface area contributed by atoms with Crippen LogP contribution in [0.15, 0.2) is 62.7 Å². The highest BCUT2D eigenvalue weighted by molar-refractivity contribution is 9.10. The van der Waals surface area contributed by atoms with Crippen molar-refractivity contribution in [3.63, 3.8) is 0 Å². The molecule has 1 atom stereocenters. The van der Waals surface area contributed by atoms with Gasteiger partial charge in [0.1, 0.15) is 11.9 Å². The average Bonchev–Trinajstić information content (AvgIpc) is 2.61. The Morgan fingerprint density at radius 3 is 2.46 bits per heavy atom. The van der Waals surface area contributed by atoms with Crippen molar-refractivity contribution in [2.24, 2.45) is 5.73 Å². The van der Waals surface area contributed by atoms with Gasteiger partial charge in [0.25, 0.3) is 10.1 Å². The molecule has 0 radical (unpaired) electrons. The Hall–Kier alpha value is -2.20. The molecule has 1 aromatic heterocycles. The standard InChI is InChI=1S/C17H15BrN2O5S/c18-10-1-3-11(4-2-10)26(23,24)25-15(9-19)12-5-7-14(21)17-13(12)6-8-16(22)20-17/h1-8,15,21H,9,19H2,(H,20,22)/t15-/m0/s1. The van der Waals surface area contributed by atoms with E-state index in [1.165, 1.54) is 36.4 Å². The minimum absolute atomic E-state index is 0.00404. The first-order chi connectivity index (χ1) is 12.3. The van der Waals surface area contributed by atoms with E-state index in [0.29, 0.717) is 10.9 Å². The molecule has 7 nitrogen and oxygen atoms in total. The zero-order chi connectivity index (χ0) is 18.9. The Balaban J connectivity index is 2.04. The van der Waals surface area contributed by atoms with E-state index in [-0.39, 0.29) is 22.7 Å². The number of pyridine rings is 1. The summed E-state index contributed by atoms with van der Waals surface area (Å²) in [5.74, 6) is -0.131. The second-order valence-corrected chi connectivity index (χ2v) is 8.00. The third-order valence-corrected chi connectivity index (χ3v) is 5.68. The maximum atomic E-state index is 12.5. The molecule has 0 unspecified atom stereocenters. The Morgan fingerprint density at radius 2 is 1.81 bits per heavy atom. The molecular weight excluding hydrogens is 424 g/mol. The highest BCUT2D eigenvalue weighted by atomic mass is 79.9. The van der Waals surface area contributed by atoms with Crippen LogP contribution in [0.2, 0.25) is 0 Å². The number of benzene rings is 2. The van der Waals surface area contributed by atoms with Crippen LogP contribution in [0.4, 0.5) is 0 Å². The van der Waals surface area contributed by atoms with Gasteiger partial charge in [-0.3, -0.25) is 8.98 Å². The van der Waals surface area contributed by atoms with Gasteiger partial charge in [0, 0.05) is 22.5 Å². The lowest BCUT2D eigenvalue weighted by atomic mass is 10.0. The van der Waals surface area contributed by atoms with Crippen molar-refractivity contribution in [1.29, 1.82) is 0 Å². The van der Waals surface area contributed by atoms with Crippen LogP contribution in [0.3, 0.4) is 0 Å². The van der Waals surface area contributed by atoms with E-state index < -0.39 is 21.8 Å². The topological polar surface area (TPSA) is 122 Å². The molecule has 0 saturated carbocycles. The molecule has 0 spiro atoms. The lowest BCUT2D eigenvalue weighted by molar-refractivity contribution is 0.223. The minimum Gasteiger partial charge on any atom is -0.506 e. The lowest BCUT2D eigenvalue weighted by Gasteiger charge is -2.18. The Bertz CT molecular complexity index is 1110. The second kappa shape index (κ2) is 7.20. The maximum absolute atomic E-state index is 12.5. The Labute approximate surface area is 157 Å². The number of phenolic OH excluding ortho intramolecular Hbond substituents is 1. The summed E-state index contributed by atoms with van der Waals surface area (Å²) in [6.45, 7) is -0.116. The molecule has 136 valence electrons. The Kier molecular flexibility index (Phi) is 5.15. The fraction of sp³-hybridized carbons (Fsp3) is 0.118. The van der Waals surface area contributed by atoms with Crippen LogP contribution in [0.1, 0.15) is 11.7 Å². The van der Waals surface area contributed by atoms with Crippen LogP contribution in [0.5, 0.6) is 5.75 Å². The number of hydrogen-bond acceptors (Lipinski definition) is 6. The number of hydrogen-bond donors (Lipinski definition) is 3. The number of rotatable bonds is 5. The van der Waals surface area contributed by atoms with Crippen molar-refractivity contribution < 1.29 is 17.7 Å². The normalized spacial score (nSPS) is 13.0. The van der Waals surface area contributed by atoms with Gasteiger partial charge in [-0.2, -0.15) is 8.42 Å². The van der Waals surface area contributed by atoms with E-state index in [2.05, 4.69) is 20.9 Å². The summed E-state index contributed by atoms with van der Waals surface area (Å²) in [5, 5.41) is 10.4. The molecule has 9 heteroatoms. The number of aromatic hydroxyl groups is 1. The minimum atomic E-state index is -4.06. The van der Waals surface area contributed by atoms with Gasteiger partial charge in [-0.25, -0.2) is 0 Å². The van der Waals surface area contributed by atoms with Gasteiger partial charge >= 0.3 is 0 Å². The molecule has 0 aliphatic rings. The van der Waals surface area contributed by atoms with Crippen LogP contribution in [-0.2, 0) is 14.3 Å². The van der Waals surface area contributed by atoms with Crippen molar-refractivity contribution in [3.8, 4) is 5.75 Å². The van der Waals surface area contributed by atoms with Crippen molar-refractivity contribution in [2.75, 3.05) is 6.54 Å². The van der Waals surface area contributed by atoms with Gasteiger partial charge in [0.2, 0.25) is 5.56 Å². The summed E-state index contributed by atoms with van der Waals surface area (Å²) >= 11 is 3.24. The number of fused-ring (bicyclic) bond motifs is 1. The van der Waals surface area contributed by atoms with E-state index in [0.717, 1.165) is 4.47 Å². The highest BCUT2D eigenvalue weighted by Crippen LogP contribution is 2.32. The lowest BCUT2D eigenvalue weighted by Crippen LogP contribution is -2.20. The van der Waals surface area contributed by atoms with Crippen molar-refractivity contribution in [1.82, 2.24) is 4.98 Å². The Morgan fingerprint density at radius 1 is 1.12 bits per heavy atom. The average molecular weight is 439 g/mol. The molecule has 26 heavy (non-hydrogen) atoms. The molecule has 2 aromatic carbocycles. The number of nitrogens with two attached hydrogens (primary N) is 1. The predicted molar refractivity (Wildman–Crippen MR) is 100 cm³/mol. The third kappa shape index (κ3) is 3.65. The largest absolute Gasteiger partial charge is 0.506 e. The number of nitrogens with one attached hydrogen (secondary N) is 1. The van der Waals surface area contributed by atoms with Gasteiger partial charge in [0.05, 0.1) is 10.4 Å². The van der Waals surface area contributed by atoms with Crippen LogP contribution in [0.25, 0.3) is 10.9 Å². The molecule has 3 aromatic rings. The van der Waals surface area contributed by atoms with Crippen molar-refractivity contribution in [3.05, 3.63) is 68.9 Å². The van der Waals surface area contributed by atoms with Crippen molar-refractivity contribution in [2.45, 2.75) is 11.0 Å². The van der Waals surface area contributed by atoms with Gasteiger partial charge in [-0.1, -0.05) is 22.0 Å². The number of aromatic amines is 1. The molecular formula is C17H15BrN2O5S. The van der Waals surface area contributed by atoms with Crippen molar-refractivity contribution >= 4 is 37.0 Å². The summed E-state index contributed by atoms with van der Waals surface area (Å²) < 4.78 is 31.2. The SMILES string of the molecule is NC[C@H](OS(=O)(=O)c1ccc(Br)cc1)c1ccc(O)c2[nH]c(=O)ccc12. The van der Waals surface area contributed by atoms with Gasteiger partial charge in [-0.05, 0) is 42.0 Å². The molecule has 1 heterocycles. The quantitative estimate of drug-likeness (QED) is 0.525. The summed E-state index contributed by atoms with van der Waals surface area (Å²) in [6, 6.07) is 11.7. The summed E-state index contributed by atoms with van der Waals surface area (Å²) in [5.41, 5.74) is 5.99. The number of phenols is 1. The molecule has 0 aliphatic heterocycles. The molecule has 0 aliphatic carbocycles. The fourth-order valence-electron chi connectivity index (χ4n) is 2.57. The molecule has 0 bridgehead atoms. The van der Waals surface area contributed by atoms with Gasteiger partial charge in [0.15, 0.2) is 0 Å². The monoisotopic (exact) mass is 438 g/mol. The first-order valence-corrected chi connectivity index (χ1v) is 9.76. The van der Waals surface area contributed by atoms with Crippen LogP contribution in [-0.4, -0.2) is 25.1 Å². The number of H-pyrrole nitrogens is 1. The smallest absolute Gasteiger partial charge is 0.297 e.